The fourth-order valence-corrected chi connectivity index (χ4v) is 5.63. The first-order chi connectivity index (χ1) is 20.0. The third-order valence-electron chi connectivity index (χ3n) is 6.65. The van der Waals surface area contributed by atoms with Crippen LogP contribution >= 0.6 is 11.3 Å². The molecule has 0 bridgehead atoms. The number of carbonyl (C=O) groups is 1. The first kappa shape index (κ1) is 24.7. The Bertz CT molecular complexity index is 2060. The Balaban J connectivity index is 1.24. The molecule has 11 heteroatoms. The molecule has 6 aromatic heterocycles. The average molecular weight is 561 g/mol. The molecule has 0 unspecified atom stereocenters. The van der Waals surface area contributed by atoms with Crippen molar-refractivity contribution in [1.82, 2.24) is 35.1 Å². The third kappa shape index (κ3) is 4.61. The molecule has 0 radical (unpaired) electrons. The van der Waals surface area contributed by atoms with Gasteiger partial charge in [-0.3, -0.25) is 24.8 Å². The normalized spacial score (nSPS) is 11.4. The highest BCUT2D eigenvalue weighted by Crippen LogP contribution is 2.35. The molecule has 0 aliphatic heterocycles. The summed E-state index contributed by atoms with van der Waals surface area (Å²) in [6, 6.07) is 17.0. The highest BCUT2D eigenvalue weighted by Gasteiger charge is 2.22. The van der Waals surface area contributed by atoms with Gasteiger partial charge in [0.15, 0.2) is 11.6 Å². The van der Waals surface area contributed by atoms with Crippen molar-refractivity contribution in [2.75, 3.05) is 5.32 Å². The monoisotopic (exact) mass is 560 g/mol. The number of aryl methyl sites for hydroxylation is 1. The first-order valence-electron chi connectivity index (χ1n) is 12.8. The molecule has 41 heavy (non-hydrogen) atoms. The molecule has 7 aromatic rings. The molecule has 0 fully saturated rings. The minimum absolute atomic E-state index is 0.0827. The van der Waals surface area contributed by atoms with E-state index in [9.17, 15) is 4.79 Å². The van der Waals surface area contributed by atoms with Crippen LogP contribution in [0.2, 0.25) is 0 Å². The summed E-state index contributed by atoms with van der Waals surface area (Å²) >= 11 is 1.63. The number of imidazole rings is 1. The summed E-state index contributed by atoms with van der Waals surface area (Å²) in [4.78, 5) is 35.9. The summed E-state index contributed by atoms with van der Waals surface area (Å²) in [5, 5.41) is 10.3. The quantitative estimate of drug-likeness (QED) is 0.219. The van der Waals surface area contributed by atoms with Gasteiger partial charge in [0, 0.05) is 22.8 Å². The number of aromatic amines is 2. The van der Waals surface area contributed by atoms with Crippen LogP contribution in [0.1, 0.15) is 10.4 Å². The summed E-state index contributed by atoms with van der Waals surface area (Å²) in [6.07, 6.45) is 6.48. The number of amides is 1. The molecule has 3 N–H and O–H groups in total. The van der Waals surface area contributed by atoms with Gasteiger partial charge in [-0.2, -0.15) is 5.10 Å². The lowest BCUT2D eigenvalue weighted by molar-refractivity contribution is -0.115. The van der Waals surface area contributed by atoms with Crippen molar-refractivity contribution >= 4 is 44.9 Å². The molecule has 0 saturated carbocycles. The van der Waals surface area contributed by atoms with Crippen molar-refractivity contribution in [3.05, 3.63) is 95.6 Å². The van der Waals surface area contributed by atoms with Crippen LogP contribution in [0.15, 0.2) is 79.4 Å². The highest BCUT2D eigenvalue weighted by atomic mass is 32.1. The number of halogens is 1. The van der Waals surface area contributed by atoms with Crippen molar-refractivity contribution < 1.29 is 9.18 Å². The van der Waals surface area contributed by atoms with Gasteiger partial charge >= 0.3 is 0 Å². The van der Waals surface area contributed by atoms with Gasteiger partial charge in [-0.05, 0) is 36.8 Å². The molecule has 1 amide bonds. The molecule has 0 spiro atoms. The number of rotatable bonds is 6. The minimum Gasteiger partial charge on any atom is -0.336 e. The lowest BCUT2D eigenvalue weighted by Crippen LogP contribution is -2.14. The molecule has 0 aliphatic rings. The van der Waals surface area contributed by atoms with Crippen LogP contribution in [0.4, 0.5) is 10.1 Å². The number of pyridine rings is 3. The molecule has 0 aliphatic carbocycles. The number of anilines is 1. The van der Waals surface area contributed by atoms with Gasteiger partial charge in [-0.1, -0.05) is 30.3 Å². The van der Waals surface area contributed by atoms with Crippen LogP contribution in [0.25, 0.3) is 55.3 Å². The summed E-state index contributed by atoms with van der Waals surface area (Å²) in [7, 11) is 0. The second-order valence-electron chi connectivity index (χ2n) is 9.51. The summed E-state index contributed by atoms with van der Waals surface area (Å²) in [6.45, 7) is 2.04. The lowest BCUT2D eigenvalue weighted by Gasteiger charge is -2.08. The summed E-state index contributed by atoms with van der Waals surface area (Å²) in [5.41, 5.74) is 4.78. The van der Waals surface area contributed by atoms with E-state index in [1.54, 1.807) is 23.6 Å². The number of hydrogen-bond donors (Lipinski definition) is 3. The predicted octanol–water partition coefficient (Wildman–Crippen LogP) is 6.32. The van der Waals surface area contributed by atoms with Gasteiger partial charge in [-0.15, -0.1) is 11.3 Å². The Morgan fingerprint density at radius 2 is 1.85 bits per heavy atom. The molecule has 6 heterocycles. The van der Waals surface area contributed by atoms with Crippen molar-refractivity contribution in [2.24, 2.45) is 0 Å². The Morgan fingerprint density at radius 1 is 0.976 bits per heavy atom. The van der Waals surface area contributed by atoms with Gasteiger partial charge in [0.2, 0.25) is 5.91 Å². The van der Waals surface area contributed by atoms with Crippen LogP contribution in [-0.4, -0.2) is 41.0 Å². The largest absolute Gasteiger partial charge is 0.336 e. The Labute approximate surface area is 236 Å². The van der Waals surface area contributed by atoms with Crippen LogP contribution in [0, 0.1) is 12.7 Å². The molecule has 0 saturated heterocycles. The van der Waals surface area contributed by atoms with Crippen LogP contribution in [0.3, 0.4) is 0 Å². The second kappa shape index (κ2) is 10.0. The van der Waals surface area contributed by atoms with Crippen LogP contribution in [0.5, 0.6) is 0 Å². The van der Waals surface area contributed by atoms with Crippen LogP contribution < -0.4 is 5.32 Å². The van der Waals surface area contributed by atoms with E-state index in [4.69, 9.17) is 4.98 Å². The van der Waals surface area contributed by atoms with Crippen molar-refractivity contribution in [2.45, 2.75) is 13.3 Å². The first-order valence-corrected chi connectivity index (χ1v) is 13.6. The lowest BCUT2D eigenvalue weighted by atomic mass is 10.1. The van der Waals surface area contributed by atoms with Crippen LogP contribution in [-0.2, 0) is 11.2 Å². The van der Waals surface area contributed by atoms with Gasteiger partial charge in [0.25, 0.3) is 0 Å². The average Bonchev–Trinajstić information content (AvgIpc) is 3.72. The maximum atomic E-state index is 16.1. The summed E-state index contributed by atoms with van der Waals surface area (Å²) < 4.78 is 16.1. The molecule has 1 aromatic carbocycles. The third-order valence-corrected chi connectivity index (χ3v) is 7.65. The molecule has 9 nitrogen and oxygen atoms in total. The van der Waals surface area contributed by atoms with E-state index < -0.39 is 5.82 Å². The number of benzene rings is 1. The van der Waals surface area contributed by atoms with E-state index in [2.05, 4.69) is 35.5 Å². The van der Waals surface area contributed by atoms with E-state index in [1.807, 2.05) is 55.5 Å². The minimum atomic E-state index is -0.575. The number of thiophene rings is 1. The number of aromatic nitrogens is 7. The van der Waals surface area contributed by atoms with E-state index in [1.165, 1.54) is 23.5 Å². The zero-order valence-electron chi connectivity index (χ0n) is 21.6. The number of fused-ring (bicyclic) bond motifs is 2. The SMILES string of the molecule is Cc1ccc(-c2nccc3[nH]c(-c4n[nH]c5cnc(-c6cncc(NC(=O)Cc7ccccc7)c6)c(F)c45)nc23)s1. The smallest absolute Gasteiger partial charge is 0.228 e. The number of H-pyrrole nitrogens is 2. The van der Waals surface area contributed by atoms with E-state index in [0.717, 1.165) is 21.7 Å². The fourth-order valence-electron chi connectivity index (χ4n) is 4.76. The topological polar surface area (TPSA) is 125 Å². The number of hydrogen-bond acceptors (Lipinski definition) is 7. The molecule has 0 atom stereocenters. The van der Waals surface area contributed by atoms with E-state index in [-0.39, 0.29) is 23.4 Å². The Hall–Kier alpha value is -5.29. The Kier molecular flexibility index (Phi) is 6.05. The standard InChI is InChI=1S/C30H21FN8OS/c1-16-7-8-22(41-16)28-27-20(9-10-33-28)36-30(37-27)29-24-21(38-39-29)15-34-26(25(24)31)18-12-19(14-32-13-18)35-23(40)11-17-5-3-2-4-6-17/h2-10,12-15H,11H2,1H3,(H,35,40)(H,36,37)(H,38,39). The number of nitrogens with zero attached hydrogens (tertiary/aromatic N) is 5. The Morgan fingerprint density at radius 3 is 2.68 bits per heavy atom. The highest BCUT2D eigenvalue weighted by molar-refractivity contribution is 7.15. The van der Waals surface area contributed by atoms with Gasteiger partial charge in [0.1, 0.15) is 22.6 Å². The zero-order valence-corrected chi connectivity index (χ0v) is 22.5. The van der Waals surface area contributed by atoms with Crippen molar-refractivity contribution in [3.8, 4) is 33.3 Å². The molecular weight excluding hydrogens is 539 g/mol. The zero-order chi connectivity index (χ0) is 27.9. The number of carbonyl (C=O) groups excluding carboxylic acids is 1. The maximum Gasteiger partial charge on any atom is 0.228 e. The van der Waals surface area contributed by atoms with Gasteiger partial charge in [-0.25, -0.2) is 9.37 Å². The second-order valence-corrected chi connectivity index (χ2v) is 10.8. The molecule has 200 valence electrons. The van der Waals surface area contributed by atoms with E-state index in [0.29, 0.717) is 33.8 Å². The fraction of sp³-hybridized carbons (Fsp3) is 0.0667. The van der Waals surface area contributed by atoms with Crippen molar-refractivity contribution in [3.63, 3.8) is 0 Å². The summed E-state index contributed by atoms with van der Waals surface area (Å²) in [5.74, 6) is -0.369. The number of nitrogens with one attached hydrogen (secondary N) is 3. The van der Waals surface area contributed by atoms with E-state index >= 15 is 4.39 Å². The van der Waals surface area contributed by atoms with Crippen molar-refractivity contribution in [1.29, 1.82) is 0 Å². The van der Waals surface area contributed by atoms with Gasteiger partial charge in [0.05, 0.1) is 45.8 Å². The maximum absolute atomic E-state index is 16.1. The predicted molar refractivity (Wildman–Crippen MR) is 157 cm³/mol. The van der Waals surface area contributed by atoms with Gasteiger partial charge < -0.3 is 10.3 Å². The molecule has 7 rings (SSSR count). The molecular formula is C30H21FN8OS.